The van der Waals surface area contributed by atoms with Crippen molar-refractivity contribution in [2.24, 2.45) is 0 Å². The third kappa shape index (κ3) is 2.98. The molecule has 2 aliphatic heterocycles. The van der Waals surface area contributed by atoms with Gasteiger partial charge in [-0.3, -0.25) is 4.79 Å². The molecule has 0 aliphatic carbocycles. The molecule has 142 valence electrons. The molecule has 1 saturated heterocycles. The Morgan fingerprint density at radius 3 is 2.69 bits per heavy atom. The van der Waals surface area contributed by atoms with E-state index in [1.54, 1.807) is 0 Å². The second kappa shape index (κ2) is 6.08. The molecule has 3 rings (SSSR count). The van der Waals surface area contributed by atoms with E-state index in [9.17, 15) is 26.7 Å². The van der Waals surface area contributed by atoms with E-state index in [-0.39, 0.29) is 27.6 Å². The number of terminal acetylenes is 1. The van der Waals surface area contributed by atoms with Gasteiger partial charge in [0.1, 0.15) is 12.2 Å². The smallest absolute Gasteiger partial charge is 0.363 e. The molecule has 26 heavy (non-hydrogen) atoms. The Morgan fingerprint density at radius 1 is 1.46 bits per heavy atom. The van der Waals surface area contributed by atoms with Crippen molar-refractivity contribution in [1.82, 2.24) is 4.90 Å². The summed E-state index contributed by atoms with van der Waals surface area (Å²) in [7, 11) is 0. The summed E-state index contributed by atoms with van der Waals surface area (Å²) >= 11 is 6.80. The topological polar surface area (TPSA) is 29.5 Å². The zero-order chi connectivity index (χ0) is 19.5. The van der Waals surface area contributed by atoms with Gasteiger partial charge >= 0.3 is 12.1 Å². The Balaban J connectivity index is 2.03. The molecule has 3 atom stereocenters. The molecule has 1 spiro atoms. The van der Waals surface area contributed by atoms with Gasteiger partial charge in [0.15, 0.2) is 0 Å². The predicted octanol–water partition coefficient (Wildman–Crippen LogP) is 4.29. The Hall–Kier alpha value is -1.37. The number of thiophene rings is 1. The molecule has 0 N–H and O–H groups in total. The van der Waals surface area contributed by atoms with Crippen molar-refractivity contribution in [2.45, 2.75) is 49.5 Å². The molecule has 2 aliphatic rings. The number of ether oxygens (including phenoxy) is 1. The highest BCUT2D eigenvalue weighted by atomic mass is 35.5. The molecule has 1 amide bonds. The summed E-state index contributed by atoms with van der Waals surface area (Å²) in [5.74, 6) is -3.12. The number of halogens is 6. The number of nitrogens with zero attached hydrogens (tertiary/aromatic N) is 1. The molecule has 0 saturated carbocycles. The lowest BCUT2D eigenvalue weighted by molar-refractivity contribution is -0.210. The highest BCUT2D eigenvalue weighted by Crippen LogP contribution is 2.54. The van der Waals surface area contributed by atoms with Gasteiger partial charge in [0.25, 0.3) is 5.92 Å². The van der Waals surface area contributed by atoms with Crippen LogP contribution < -0.4 is 0 Å². The number of alkyl halides is 5. The first kappa shape index (κ1) is 19.4. The number of piperidine rings is 1. The first-order valence-electron chi connectivity index (χ1n) is 7.59. The van der Waals surface area contributed by atoms with Gasteiger partial charge in [-0.2, -0.15) is 22.0 Å². The van der Waals surface area contributed by atoms with Gasteiger partial charge in [-0.1, -0.05) is 17.5 Å². The van der Waals surface area contributed by atoms with Crippen molar-refractivity contribution in [3.8, 4) is 12.3 Å². The summed E-state index contributed by atoms with van der Waals surface area (Å²) in [5.41, 5.74) is -1.59. The second-order valence-corrected chi connectivity index (χ2v) is 8.11. The highest BCUT2D eigenvalue weighted by Gasteiger charge is 2.57. The SMILES string of the molecule is C#CC1C[C@]2(C[C@H](C)N1C(=O)C(F)(F)F)OCC(F)(F)c1cc(Cl)sc12. The molecule has 10 heteroatoms. The Bertz CT molecular complexity index is 787. The quantitative estimate of drug-likeness (QED) is 0.469. The third-order valence-electron chi connectivity index (χ3n) is 4.67. The molecule has 3 heterocycles. The number of likely N-dealkylation sites (tertiary alicyclic amines) is 1. The van der Waals surface area contributed by atoms with E-state index in [0.717, 1.165) is 17.4 Å². The third-order valence-corrected chi connectivity index (χ3v) is 6.12. The molecular weight excluding hydrogens is 401 g/mol. The van der Waals surface area contributed by atoms with E-state index < -0.39 is 42.3 Å². The lowest BCUT2D eigenvalue weighted by atomic mass is 9.78. The number of amides is 1. The number of carbonyl (C=O) groups is 1. The van der Waals surface area contributed by atoms with Crippen LogP contribution >= 0.6 is 22.9 Å². The summed E-state index contributed by atoms with van der Waals surface area (Å²) in [6.45, 7) is 0.462. The van der Waals surface area contributed by atoms with Crippen LogP contribution in [0.5, 0.6) is 0 Å². The summed E-state index contributed by atoms with van der Waals surface area (Å²) in [6, 6.07) is -1.05. The predicted molar refractivity (Wildman–Crippen MR) is 85.1 cm³/mol. The average Bonchev–Trinajstić information content (AvgIpc) is 2.94. The summed E-state index contributed by atoms with van der Waals surface area (Å²) in [4.78, 5) is 12.5. The molecule has 0 bridgehead atoms. The first-order chi connectivity index (χ1) is 11.9. The Labute approximate surface area is 155 Å². The summed E-state index contributed by atoms with van der Waals surface area (Å²) < 4.78 is 72.6. The minimum absolute atomic E-state index is 0.0904. The highest BCUT2D eigenvalue weighted by molar-refractivity contribution is 7.16. The molecular formula is C16H13ClF5NO2S. The fourth-order valence-electron chi connectivity index (χ4n) is 3.65. The fraction of sp³-hybridized carbons (Fsp3) is 0.562. The van der Waals surface area contributed by atoms with Crippen molar-refractivity contribution in [3.63, 3.8) is 0 Å². The van der Waals surface area contributed by atoms with Crippen LogP contribution in [0.3, 0.4) is 0 Å². The summed E-state index contributed by atoms with van der Waals surface area (Å²) in [5, 5.41) is 0. The van der Waals surface area contributed by atoms with Crippen LogP contribution in [0.4, 0.5) is 22.0 Å². The lowest BCUT2D eigenvalue weighted by Gasteiger charge is -2.50. The van der Waals surface area contributed by atoms with Gasteiger partial charge in [0.2, 0.25) is 0 Å². The van der Waals surface area contributed by atoms with Crippen LogP contribution in [0, 0.1) is 12.3 Å². The molecule has 1 fully saturated rings. The monoisotopic (exact) mass is 413 g/mol. The number of hydrogen-bond acceptors (Lipinski definition) is 3. The van der Waals surface area contributed by atoms with Gasteiger partial charge in [-0.05, 0) is 13.0 Å². The zero-order valence-corrected chi connectivity index (χ0v) is 14.9. The first-order valence-corrected chi connectivity index (χ1v) is 8.78. The number of hydrogen-bond donors (Lipinski definition) is 0. The van der Waals surface area contributed by atoms with E-state index in [2.05, 4.69) is 5.92 Å². The molecule has 1 unspecified atom stereocenters. The number of carbonyl (C=O) groups excluding carboxylic acids is 1. The zero-order valence-electron chi connectivity index (χ0n) is 13.4. The molecule has 1 aromatic rings. The summed E-state index contributed by atoms with van der Waals surface area (Å²) in [6.07, 6.45) is -0.0129. The van der Waals surface area contributed by atoms with Gasteiger partial charge in [0.05, 0.1) is 10.4 Å². The largest absolute Gasteiger partial charge is 0.471 e. The second-order valence-electron chi connectivity index (χ2n) is 6.43. The van der Waals surface area contributed by atoms with Crippen LogP contribution in [0.25, 0.3) is 0 Å². The Morgan fingerprint density at radius 2 is 2.12 bits per heavy atom. The molecule has 1 aromatic heterocycles. The maximum absolute atomic E-state index is 14.2. The average molecular weight is 414 g/mol. The van der Waals surface area contributed by atoms with Crippen molar-refractivity contribution in [3.05, 3.63) is 20.8 Å². The van der Waals surface area contributed by atoms with Crippen LogP contribution in [0.15, 0.2) is 6.07 Å². The van der Waals surface area contributed by atoms with Crippen LogP contribution in [0.1, 0.15) is 30.2 Å². The van der Waals surface area contributed by atoms with Crippen molar-refractivity contribution >= 4 is 28.8 Å². The van der Waals surface area contributed by atoms with Gasteiger partial charge in [-0.25, -0.2) is 0 Å². The van der Waals surface area contributed by atoms with Gasteiger partial charge in [-0.15, -0.1) is 17.8 Å². The van der Waals surface area contributed by atoms with Crippen LogP contribution in [-0.2, 0) is 21.1 Å². The van der Waals surface area contributed by atoms with Crippen molar-refractivity contribution in [1.29, 1.82) is 0 Å². The van der Waals surface area contributed by atoms with E-state index in [0.29, 0.717) is 4.90 Å². The standard InChI is InChI=1S/C16H13ClF5NO2S/c1-3-9-6-14(5-8(2)23(9)13(24)16(20,21)22)12-10(4-11(17)26-12)15(18,19)7-25-14/h1,4,8-9H,5-7H2,2H3/t8-,9?,14-/m0/s1. The van der Waals surface area contributed by atoms with Crippen molar-refractivity contribution < 1.29 is 31.5 Å². The van der Waals surface area contributed by atoms with E-state index in [1.165, 1.54) is 6.92 Å². The van der Waals surface area contributed by atoms with Crippen molar-refractivity contribution in [2.75, 3.05) is 6.61 Å². The van der Waals surface area contributed by atoms with Gasteiger partial charge in [0, 0.05) is 29.3 Å². The number of rotatable bonds is 0. The minimum atomic E-state index is -5.08. The normalized spacial score (nSPS) is 30.8. The van der Waals surface area contributed by atoms with E-state index in [1.807, 2.05) is 0 Å². The van der Waals surface area contributed by atoms with Crippen LogP contribution in [-0.4, -0.2) is 35.7 Å². The molecule has 0 radical (unpaired) electrons. The maximum atomic E-state index is 14.2. The Kier molecular flexibility index (Phi) is 4.53. The minimum Gasteiger partial charge on any atom is -0.363 e. The van der Waals surface area contributed by atoms with Gasteiger partial charge < -0.3 is 9.64 Å². The fourth-order valence-corrected chi connectivity index (χ4v) is 5.09. The maximum Gasteiger partial charge on any atom is 0.471 e. The van der Waals surface area contributed by atoms with E-state index >= 15 is 0 Å². The lowest BCUT2D eigenvalue weighted by Crippen LogP contribution is -2.60. The molecule has 0 aromatic carbocycles. The van der Waals surface area contributed by atoms with Crippen LogP contribution in [0.2, 0.25) is 4.34 Å². The number of fused-ring (bicyclic) bond motifs is 2. The molecule has 3 nitrogen and oxygen atoms in total. The van der Waals surface area contributed by atoms with E-state index in [4.69, 9.17) is 22.8 Å².